The van der Waals surface area contributed by atoms with Crippen molar-refractivity contribution < 1.29 is 14.3 Å². The molecule has 1 aromatic heterocycles. The Morgan fingerprint density at radius 1 is 1.38 bits per heavy atom. The molecule has 0 aliphatic carbocycles. The van der Waals surface area contributed by atoms with E-state index in [4.69, 9.17) is 10.5 Å². The predicted molar refractivity (Wildman–Crippen MR) is 83.1 cm³/mol. The molecule has 0 unspecified atom stereocenters. The van der Waals surface area contributed by atoms with Gasteiger partial charge in [0.2, 0.25) is 0 Å². The van der Waals surface area contributed by atoms with Crippen LogP contribution in [-0.4, -0.2) is 43.0 Å². The zero-order chi connectivity index (χ0) is 15.7. The number of hydrogen-bond donors (Lipinski definition) is 1. The molecule has 0 aromatic carbocycles. The fourth-order valence-corrected chi connectivity index (χ4v) is 2.55. The Bertz CT molecular complexity index is 543. The Balaban J connectivity index is 2.80. The number of hydrogen-bond acceptors (Lipinski definition) is 5. The van der Waals surface area contributed by atoms with Crippen molar-refractivity contribution in [2.45, 2.75) is 20.3 Å². The summed E-state index contributed by atoms with van der Waals surface area (Å²) in [7, 11) is 0. The Labute approximate surface area is 129 Å². The van der Waals surface area contributed by atoms with Gasteiger partial charge in [-0.2, -0.15) is 0 Å². The molecule has 1 amide bonds. The first kappa shape index (κ1) is 17.2. The Hall–Kier alpha value is -1.84. The van der Waals surface area contributed by atoms with Gasteiger partial charge in [0.15, 0.2) is 0 Å². The number of rotatable bonds is 6. The van der Waals surface area contributed by atoms with Gasteiger partial charge >= 0.3 is 5.97 Å². The smallest absolute Gasteiger partial charge is 0.325 e. The molecule has 114 valence electrons. The van der Waals surface area contributed by atoms with Crippen molar-refractivity contribution in [3.05, 3.63) is 21.9 Å². The quantitative estimate of drug-likeness (QED) is 0.638. The molecule has 0 aliphatic rings. The molecule has 21 heavy (non-hydrogen) atoms. The van der Waals surface area contributed by atoms with E-state index in [0.717, 1.165) is 11.3 Å². The number of amides is 1. The van der Waals surface area contributed by atoms with E-state index >= 15 is 0 Å². The SMILES string of the molecule is CCCN(CC(=O)OCC)C(=O)c1ccc(C#CCN)s1. The highest BCUT2D eigenvalue weighted by Crippen LogP contribution is 2.17. The molecular weight excluding hydrogens is 288 g/mol. The van der Waals surface area contributed by atoms with Crippen LogP contribution in [0, 0.1) is 11.8 Å². The number of nitrogens with zero attached hydrogens (tertiary/aromatic N) is 1. The number of nitrogens with two attached hydrogens (primary N) is 1. The van der Waals surface area contributed by atoms with Crippen molar-refractivity contribution in [1.82, 2.24) is 4.90 Å². The van der Waals surface area contributed by atoms with Gasteiger partial charge in [0.25, 0.3) is 5.91 Å². The van der Waals surface area contributed by atoms with Gasteiger partial charge < -0.3 is 15.4 Å². The van der Waals surface area contributed by atoms with E-state index in [9.17, 15) is 9.59 Å². The lowest BCUT2D eigenvalue weighted by molar-refractivity contribution is -0.143. The second kappa shape index (κ2) is 9.16. The standard InChI is InChI=1S/C15H20N2O3S/c1-3-10-17(11-14(18)20-4-2)15(19)13-8-7-12(21-13)6-5-9-16/h7-8H,3-4,9-11,16H2,1-2H3. The minimum absolute atomic E-state index is 0.0256. The van der Waals surface area contributed by atoms with E-state index in [1.165, 1.54) is 16.2 Å². The van der Waals surface area contributed by atoms with E-state index in [1.54, 1.807) is 19.1 Å². The number of carbonyl (C=O) groups is 2. The summed E-state index contributed by atoms with van der Waals surface area (Å²) >= 11 is 1.30. The van der Waals surface area contributed by atoms with Crippen LogP contribution in [0.25, 0.3) is 0 Å². The summed E-state index contributed by atoms with van der Waals surface area (Å²) in [6, 6.07) is 3.51. The molecule has 0 fully saturated rings. The molecule has 0 radical (unpaired) electrons. The topological polar surface area (TPSA) is 72.6 Å². The van der Waals surface area contributed by atoms with Crippen LogP contribution in [0.2, 0.25) is 0 Å². The van der Waals surface area contributed by atoms with Crippen molar-refractivity contribution in [2.75, 3.05) is 26.2 Å². The highest BCUT2D eigenvalue weighted by Gasteiger charge is 2.20. The Morgan fingerprint density at radius 3 is 2.76 bits per heavy atom. The van der Waals surface area contributed by atoms with Gasteiger partial charge in [0.05, 0.1) is 22.9 Å². The van der Waals surface area contributed by atoms with E-state index in [-0.39, 0.29) is 25.0 Å². The predicted octanol–water partition coefficient (Wildman–Crippen LogP) is 1.47. The van der Waals surface area contributed by atoms with Crippen molar-refractivity contribution in [3.8, 4) is 11.8 Å². The number of esters is 1. The van der Waals surface area contributed by atoms with Crippen LogP contribution in [0.1, 0.15) is 34.8 Å². The first-order chi connectivity index (χ1) is 10.1. The third kappa shape index (κ3) is 5.58. The zero-order valence-corrected chi connectivity index (χ0v) is 13.2. The van der Waals surface area contributed by atoms with Crippen LogP contribution < -0.4 is 5.73 Å². The maximum absolute atomic E-state index is 12.4. The molecule has 0 aliphatic heterocycles. The molecule has 1 rings (SSSR count). The summed E-state index contributed by atoms with van der Waals surface area (Å²) in [6.45, 7) is 4.78. The van der Waals surface area contributed by atoms with Crippen LogP contribution >= 0.6 is 11.3 Å². The number of thiophene rings is 1. The molecule has 6 heteroatoms. The van der Waals surface area contributed by atoms with Crippen molar-refractivity contribution >= 4 is 23.2 Å². The van der Waals surface area contributed by atoms with E-state index in [0.29, 0.717) is 18.0 Å². The summed E-state index contributed by atoms with van der Waals surface area (Å²) < 4.78 is 4.90. The highest BCUT2D eigenvalue weighted by molar-refractivity contribution is 7.14. The molecule has 5 nitrogen and oxygen atoms in total. The molecule has 0 saturated heterocycles. The normalized spacial score (nSPS) is 9.67. The second-order valence-electron chi connectivity index (χ2n) is 4.20. The van der Waals surface area contributed by atoms with Gasteiger partial charge in [-0.3, -0.25) is 9.59 Å². The summed E-state index contributed by atoms with van der Waals surface area (Å²) in [5.41, 5.74) is 5.32. The number of ether oxygens (including phenoxy) is 1. The van der Waals surface area contributed by atoms with Gasteiger partial charge in [-0.1, -0.05) is 18.8 Å². The average Bonchev–Trinajstić information content (AvgIpc) is 2.93. The van der Waals surface area contributed by atoms with Gasteiger partial charge in [-0.25, -0.2) is 0 Å². The monoisotopic (exact) mass is 308 g/mol. The minimum Gasteiger partial charge on any atom is -0.465 e. The molecule has 0 atom stereocenters. The van der Waals surface area contributed by atoms with Crippen LogP contribution in [0.5, 0.6) is 0 Å². The lowest BCUT2D eigenvalue weighted by Crippen LogP contribution is -2.36. The summed E-state index contributed by atoms with van der Waals surface area (Å²) in [5.74, 6) is 5.08. The second-order valence-corrected chi connectivity index (χ2v) is 5.29. The fourth-order valence-electron chi connectivity index (χ4n) is 1.70. The van der Waals surface area contributed by atoms with E-state index in [1.807, 2.05) is 6.92 Å². The number of carbonyl (C=O) groups excluding carboxylic acids is 2. The lowest BCUT2D eigenvalue weighted by Gasteiger charge is -2.20. The van der Waals surface area contributed by atoms with Crippen LogP contribution in [0.15, 0.2) is 12.1 Å². The largest absolute Gasteiger partial charge is 0.465 e. The summed E-state index contributed by atoms with van der Waals surface area (Å²) in [4.78, 5) is 26.8. The highest BCUT2D eigenvalue weighted by atomic mass is 32.1. The first-order valence-corrected chi connectivity index (χ1v) is 7.67. The maximum atomic E-state index is 12.4. The van der Waals surface area contributed by atoms with Gasteiger partial charge in [-0.05, 0) is 25.5 Å². The van der Waals surface area contributed by atoms with Gasteiger partial charge in [0, 0.05) is 6.54 Å². The average molecular weight is 308 g/mol. The van der Waals surface area contributed by atoms with Crippen LogP contribution in [0.3, 0.4) is 0 Å². The summed E-state index contributed by atoms with van der Waals surface area (Å²) in [6.07, 6.45) is 0.774. The lowest BCUT2D eigenvalue weighted by atomic mass is 10.3. The van der Waals surface area contributed by atoms with Crippen molar-refractivity contribution in [1.29, 1.82) is 0 Å². The van der Waals surface area contributed by atoms with Crippen LogP contribution in [0.4, 0.5) is 0 Å². The summed E-state index contributed by atoms with van der Waals surface area (Å²) in [5, 5.41) is 0. The molecular formula is C15H20N2O3S. The molecule has 0 spiro atoms. The van der Waals surface area contributed by atoms with Crippen LogP contribution in [-0.2, 0) is 9.53 Å². The van der Waals surface area contributed by atoms with Crippen molar-refractivity contribution in [3.63, 3.8) is 0 Å². The fraction of sp³-hybridized carbons (Fsp3) is 0.467. The molecule has 0 saturated carbocycles. The minimum atomic E-state index is -0.390. The third-order valence-electron chi connectivity index (χ3n) is 2.54. The Kier molecular flexibility index (Phi) is 7.51. The first-order valence-electron chi connectivity index (χ1n) is 6.86. The van der Waals surface area contributed by atoms with E-state index in [2.05, 4.69) is 11.8 Å². The molecule has 2 N–H and O–H groups in total. The third-order valence-corrected chi connectivity index (χ3v) is 3.53. The van der Waals surface area contributed by atoms with Gasteiger partial charge in [-0.15, -0.1) is 11.3 Å². The molecule has 1 heterocycles. The van der Waals surface area contributed by atoms with Gasteiger partial charge in [0.1, 0.15) is 6.54 Å². The molecule has 0 bridgehead atoms. The Morgan fingerprint density at radius 2 is 2.14 bits per heavy atom. The van der Waals surface area contributed by atoms with E-state index < -0.39 is 0 Å². The van der Waals surface area contributed by atoms with Crippen molar-refractivity contribution in [2.24, 2.45) is 5.73 Å². The molecule has 1 aromatic rings. The zero-order valence-electron chi connectivity index (χ0n) is 12.3. The maximum Gasteiger partial charge on any atom is 0.325 e.